The summed E-state index contributed by atoms with van der Waals surface area (Å²) in [6, 6.07) is 0.444. The van der Waals surface area contributed by atoms with Gasteiger partial charge in [-0.15, -0.1) is 0 Å². The number of piperidine rings is 1. The van der Waals surface area contributed by atoms with Crippen molar-refractivity contribution in [2.45, 2.75) is 38.1 Å². The molecule has 1 heterocycles. The zero-order valence-electron chi connectivity index (χ0n) is 7.92. The summed E-state index contributed by atoms with van der Waals surface area (Å²) >= 11 is 0. The molecular weight excluding hydrogens is 150 g/mol. The van der Waals surface area contributed by atoms with E-state index in [1.807, 2.05) is 0 Å². The molecule has 0 aromatic heterocycles. The zero-order chi connectivity index (χ0) is 8.60. The lowest BCUT2D eigenvalue weighted by molar-refractivity contribution is -0.0119. The highest BCUT2D eigenvalue weighted by molar-refractivity contribution is 4.95. The molecule has 0 radical (unpaired) electrons. The first-order chi connectivity index (χ1) is 5.76. The van der Waals surface area contributed by atoms with Crippen molar-refractivity contribution >= 4 is 0 Å². The van der Waals surface area contributed by atoms with Crippen molar-refractivity contribution in [1.82, 2.24) is 4.90 Å². The minimum absolute atomic E-state index is 0.345. The standard InChI is InChI=1S/C10H19NO/c1-11-6-5-10(3-2-4-10)7-9(11)8-12/h9,12H,2-8H2,1H3. The van der Waals surface area contributed by atoms with Crippen molar-refractivity contribution in [3.8, 4) is 0 Å². The Morgan fingerprint density at radius 1 is 1.42 bits per heavy atom. The van der Waals surface area contributed by atoms with Crippen LogP contribution in [0, 0.1) is 5.41 Å². The topological polar surface area (TPSA) is 23.5 Å². The maximum Gasteiger partial charge on any atom is 0.0586 e. The number of hydrogen-bond acceptors (Lipinski definition) is 2. The van der Waals surface area contributed by atoms with Gasteiger partial charge in [-0.05, 0) is 44.7 Å². The molecule has 0 amide bonds. The molecule has 1 atom stereocenters. The van der Waals surface area contributed by atoms with E-state index in [1.54, 1.807) is 0 Å². The van der Waals surface area contributed by atoms with E-state index in [2.05, 4.69) is 11.9 Å². The van der Waals surface area contributed by atoms with E-state index in [0.717, 1.165) is 0 Å². The number of nitrogens with zero attached hydrogens (tertiary/aromatic N) is 1. The van der Waals surface area contributed by atoms with Crippen LogP contribution in [0.4, 0.5) is 0 Å². The lowest BCUT2D eigenvalue weighted by Crippen LogP contribution is -2.49. The molecule has 1 aliphatic carbocycles. The average Bonchev–Trinajstić information content (AvgIpc) is 2.03. The lowest BCUT2D eigenvalue weighted by Gasteiger charge is -2.50. The molecule has 1 N–H and O–H groups in total. The highest BCUT2D eigenvalue weighted by Gasteiger charge is 2.42. The predicted octanol–water partition coefficient (Wildman–Crippen LogP) is 1.24. The number of rotatable bonds is 1. The van der Waals surface area contributed by atoms with Crippen LogP contribution in [0.2, 0.25) is 0 Å². The highest BCUT2D eigenvalue weighted by Crippen LogP contribution is 2.50. The van der Waals surface area contributed by atoms with Crippen LogP contribution >= 0.6 is 0 Å². The Labute approximate surface area is 74.6 Å². The number of likely N-dealkylation sites (N-methyl/N-ethyl adjacent to an activating group) is 1. The Hall–Kier alpha value is -0.0800. The number of aliphatic hydroxyl groups is 1. The second kappa shape index (κ2) is 3.00. The molecule has 70 valence electrons. The summed E-state index contributed by atoms with van der Waals surface area (Å²) in [6.07, 6.45) is 6.84. The molecule has 1 aliphatic heterocycles. The van der Waals surface area contributed by atoms with E-state index in [4.69, 9.17) is 0 Å². The fourth-order valence-corrected chi connectivity index (χ4v) is 2.69. The molecule has 1 unspecified atom stereocenters. The van der Waals surface area contributed by atoms with E-state index < -0.39 is 0 Å². The Bertz CT molecular complexity index is 165. The summed E-state index contributed by atoms with van der Waals surface area (Å²) in [5.41, 5.74) is 0.653. The van der Waals surface area contributed by atoms with Gasteiger partial charge in [-0.2, -0.15) is 0 Å². The van der Waals surface area contributed by atoms with E-state index >= 15 is 0 Å². The highest BCUT2D eigenvalue weighted by atomic mass is 16.3. The Morgan fingerprint density at radius 3 is 2.67 bits per heavy atom. The molecule has 2 nitrogen and oxygen atoms in total. The van der Waals surface area contributed by atoms with Gasteiger partial charge in [0.05, 0.1) is 6.61 Å². The zero-order valence-corrected chi connectivity index (χ0v) is 7.92. The summed E-state index contributed by atoms with van der Waals surface area (Å²) in [7, 11) is 2.13. The van der Waals surface area contributed by atoms with Crippen molar-refractivity contribution in [1.29, 1.82) is 0 Å². The van der Waals surface area contributed by atoms with Crippen LogP contribution in [0.25, 0.3) is 0 Å². The van der Waals surface area contributed by atoms with Gasteiger partial charge < -0.3 is 10.0 Å². The monoisotopic (exact) mass is 169 g/mol. The molecule has 0 aromatic rings. The minimum Gasteiger partial charge on any atom is -0.395 e. The van der Waals surface area contributed by atoms with Crippen molar-refractivity contribution in [3.63, 3.8) is 0 Å². The molecule has 2 aliphatic rings. The van der Waals surface area contributed by atoms with Gasteiger partial charge in [0.1, 0.15) is 0 Å². The van der Waals surface area contributed by atoms with Crippen LogP contribution in [0.3, 0.4) is 0 Å². The van der Waals surface area contributed by atoms with Crippen molar-refractivity contribution < 1.29 is 5.11 Å². The van der Waals surface area contributed by atoms with Crippen LogP contribution in [0.5, 0.6) is 0 Å². The van der Waals surface area contributed by atoms with Crippen LogP contribution in [0.15, 0.2) is 0 Å². The summed E-state index contributed by atoms with van der Waals surface area (Å²) in [6.45, 7) is 1.53. The van der Waals surface area contributed by atoms with E-state index in [-0.39, 0.29) is 0 Å². The molecule has 2 rings (SSSR count). The second-order valence-electron chi connectivity index (χ2n) is 4.62. The largest absolute Gasteiger partial charge is 0.395 e. The van der Waals surface area contributed by atoms with Gasteiger partial charge in [-0.1, -0.05) is 6.42 Å². The normalized spacial score (nSPS) is 35.0. The summed E-state index contributed by atoms with van der Waals surface area (Å²) in [4.78, 5) is 2.31. The molecule has 1 saturated heterocycles. The summed E-state index contributed by atoms with van der Waals surface area (Å²) in [5, 5.41) is 9.17. The molecule has 2 fully saturated rings. The molecule has 1 saturated carbocycles. The quantitative estimate of drug-likeness (QED) is 0.638. The fourth-order valence-electron chi connectivity index (χ4n) is 2.69. The Kier molecular flexibility index (Phi) is 2.13. The second-order valence-corrected chi connectivity index (χ2v) is 4.62. The molecular formula is C10H19NO. The third-order valence-corrected chi connectivity index (χ3v) is 3.91. The van der Waals surface area contributed by atoms with Crippen molar-refractivity contribution in [3.05, 3.63) is 0 Å². The Morgan fingerprint density at radius 2 is 2.17 bits per heavy atom. The van der Waals surface area contributed by atoms with Crippen LogP contribution in [-0.4, -0.2) is 36.2 Å². The molecule has 2 heteroatoms. The smallest absolute Gasteiger partial charge is 0.0586 e. The number of aliphatic hydroxyl groups excluding tert-OH is 1. The van der Waals surface area contributed by atoms with Gasteiger partial charge >= 0.3 is 0 Å². The first-order valence-electron chi connectivity index (χ1n) is 5.07. The van der Waals surface area contributed by atoms with Gasteiger partial charge in [-0.25, -0.2) is 0 Å². The van der Waals surface area contributed by atoms with Gasteiger partial charge in [0.2, 0.25) is 0 Å². The van der Waals surface area contributed by atoms with Gasteiger partial charge in [0.25, 0.3) is 0 Å². The third kappa shape index (κ3) is 1.27. The molecule has 0 aromatic carbocycles. The predicted molar refractivity (Wildman–Crippen MR) is 49.0 cm³/mol. The van der Waals surface area contributed by atoms with Crippen LogP contribution in [0.1, 0.15) is 32.1 Å². The van der Waals surface area contributed by atoms with Gasteiger partial charge in [-0.3, -0.25) is 0 Å². The van der Waals surface area contributed by atoms with E-state index in [0.29, 0.717) is 18.1 Å². The SMILES string of the molecule is CN1CCC2(CCC2)CC1CO. The molecule has 1 spiro atoms. The van der Waals surface area contributed by atoms with E-state index in [9.17, 15) is 5.11 Å². The lowest BCUT2D eigenvalue weighted by atomic mass is 9.62. The number of hydrogen-bond donors (Lipinski definition) is 1. The van der Waals surface area contributed by atoms with E-state index in [1.165, 1.54) is 38.6 Å². The number of likely N-dealkylation sites (tertiary alicyclic amines) is 1. The molecule has 12 heavy (non-hydrogen) atoms. The maximum atomic E-state index is 9.17. The van der Waals surface area contributed by atoms with Crippen molar-refractivity contribution in [2.75, 3.05) is 20.2 Å². The van der Waals surface area contributed by atoms with Crippen LogP contribution in [-0.2, 0) is 0 Å². The maximum absolute atomic E-state index is 9.17. The third-order valence-electron chi connectivity index (χ3n) is 3.91. The summed E-state index contributed by atoms with van der Waals surface area (Å²) < 4.78 is 0. The minimum atomic E-state index is 0.345. The fraction of sp³-hybridized carbons (Fsp3) is 1.00. The van der Waals surface area contributed by atoms with Crippen molar-refractivity contribution in [2.24, 2.45) is 5.41 Å². The summed E-state index contributed by atoms with van der Waals surface area (Å²) in [5.74, 6) is 0. The molecule has 0 bridgehead atoms. The Balaban J connectivity index is 1.97. The first kappa shape index (κ1) is 8.52. The van der Waals surface area contributed by atoms with Gasteiger partial charge in [0, 0.05) is 6.04 Å². The van der Waals surface area contributed by atoms with Crippen LogP contribution < -0.4 is 0 Å². The average molecular weight is 169 g/mol. The van der Waals surface area contributed by atoms with Gasteiger partial charge in [0.15, 0.2) is 0 Å². The first-order valence-corrected chi connectivity index (χ1v) is 5.07.